The molecule has 0 aromatic carbocycles. The van der Waals surface area contributed by atoms with Crippen molar-refractivity contribution in [3.05, 3.63) is 12.2 Å². The Morgan fingerprint density at radius 1 is 1.11 bits per heavy atom. The second kappa shape index (κ2) is 3.65. The van der Waals surface area contributed by atoms with Gasteiger partial charge in [-0.3, -0.25) is 4.79 Å². The number of esters is 1. The Morgan fingerprint density at radius 2 is 1.79 bits per heavy atom. The van der Waals surface area contributed by atoms with Gasteiger partial charge in [0, 0.05) is 12.8 Å². The van der Waals surface area contributed by atoms with E-state index in [0.29, 0.717) is 5.92 Å². The average molecular weight is 260 g/mol. The lowest BCUT2D eigenvalue weighted by atomic mass is 9.64. The number of fused-ring (bicyclic) bond motifs is 9. The van der Waals surface area contributed by atoms with Crippen LogP contribution in [-0.4, -0.2) is 11.6 Å². The molecule has 19 heavy (non-hydrogen) atoms. The van der Waals surface area contributed by atoms with E-state index in [4.69, 9.17) is 4.74 Å². The lowest BCUT2D eigenvalue weighted by Gasteiger charge is -2.46. The van der Waals surface area contributed by atoms with Gasteiger partial charge >= 0.3 is 5.97 Å². The third kappa shape index (κ3) is 1.35. The average Bonchev–Trinajstić information content (AvgIpc) is 3.04. The van der Waals surface area contributed by atoms with Gasteiger partial charge in [-0.1, -0.05) is 6.58 Å². The van der Waals surface area contributed by atoms with E-state index in [0.717, 1.165) is 41.6 Å². The van der Waals surface area contributed by atoms with Crippen molar-refractivity contribution in [2.75, 3.05) is 0 Å². The molecule has 0 radical (unpaired) electrons. The molecule has 4 rings (SSSR count). The first-order valence-corrected chi connectivity index (χ1v) is 7.88. The summed E-state index contributed by atoms with van der Waals surface area (Å²) in [5.74, 6) is 4.92. The second-order valence-corrected chi connectivity index (χ2v) is 7.56. The second-order valence-electron chi connectivity index (χ2n) is 7.56. The molecule has 7 atom stereocenters. The summed E-state index contributed by atoms with van der Waals surface area (Å²) in [5, 5.41) is 0. The van der Waals surface area contributed by atoms with Gasteiger partial charge in [-0.2, -0.15) is 0 Å². The summed E-state index contributed by atoms with van der Waals surface area (Å²) in [6.07, 6.45) is 6.66. The number of carbonyl (C=O) groups is 1. The van der Waals surface area contributed by atoms with Crippen molar-refractivity contribution < 1.29 is 9.53 Å². The van der Waals surface area contributed by atoms with E-state index in [1.807, 2.05) is 0 Å². The van der Waals surface area contributed by atoms with Crippen molar-refractivity contribution in [1.82, 2.24) is 0 Å². The predicted octanol–water partition coefficient (Wildman–Crippen LogP) is 3.57. The zero-order valence-electron chi connectivity index (χ0n) is 12.0. The molecule has 4 saturated carbocycles. The van der Waals surface area contributed by atoms with Gasteiger partial charge in [-0.25, -0.2) is 0 Å². The summed E-state index contributed by atoms with van der Waals surface area (Å²) in [7, 11) is 0. The standard InChI is InChI=1S/C17H24O2/c1-9(2)17(19-10(3)18)8-13-7-14(17)16-12-5-4-11(6-12)15(13)16/h11-16H,1,4-8H2,2-3H3. The molecule has 0 spiro atoms. The topological polar surface area (TPSA) is 26.3 Å². The maximum absolute atomic E-state index is 11.6. The van der Waals surface area contributed by atoms with Crippen molar-refractivity contribution in [1.29, 1.82) is 0 Å². The van der Waals surface area contributed by atoms with Gasteiger partial charge < -0.3 is 4.74 Å². The van der Waals surface area contributed by atoms with Crippen LogP contribution in [0.3, 0.4) is 0 Å². The molecule has 0 aromatic heterocycles. The minimum atomic E-state index is -0.317. The number of hydrogen-bond donors (Lipinski definition) is 0. The SMILES string of the molecule is C=C(C)C1(OC(C)=O)CC2CC1C1C3CCC(C3)C21. The summed E-state index contributed by atoms with van der Waals surface area (Å²) in [4.78, 5) is 11.6. The zero-order chi connectivity index (χ0) is 13.4. The van der Waals surface area contributed by atoms with E-state index in [-0.39, 0.29) is 11.6 Å². The molecule has 0 amide bonds. The Morgan fingerprint density at radius 3 is 2.42 bits per heavy atom. The summed E-state index contributed by atoms with van der Waals surface area (Å²) < 4.78 is 5.87. The maximum Gasteiger partial charge on any atom is 0.303 e. The van der Waals surface area contributed by atoms with Gasteiger partial charge in [0.05, 0.1) is 0 Å². The van der Waals surface area contributed by atoms with E-state index in [2.05, 4.69) is 13.5 Å². The normalized spacial score (nSPS) is 53.4. The van der Waals surface area contributed by atoms with Gasteiger partial charge in [0.1, 0.15) is 5.60 Å². The highest BCUT2D eigenvalue weighted by Gasteiger charge is 2.68. The Kier molecular flexibility index (Phi) is 2.30. The van der Waals surface area contributed by atoms with E-state index in [9.17, 15) is 4.79 Å². The first-order chi connectivity index (χ1) is 9.03. The highest BCUT2D eigenvalue weighted by Crippen LogP contribution is 2.71. The molecule has 0 saturated heterocycles. The van der Waals surface area contributed by atoms with Crippen molar-refractivity contribution in [2.24, 2.45) is 35.5 Å². The molecular formula is C17H24O2. The largest absolute Gasteiger partial charge is 0.454 e. The molecule has 2 nitrogen and oxygen atoms in total. The lowest BCUT2D eigenvalue weighted by molar-refractivity contribution is -0.162. The van der Waals surface area contributed by atoms with Gasteiger partial charge in [-0.15, -0.1) is 0 Å². The molecule has 4 aliphatic rings. The third-order valence-electron chi connectivity index (χ3n) is 6.83. The highest BCUT2D eigenvalue weighted by atomic mass is 16.6. The molecule has 0 N–H and O–H groups in total. The molecule has 7 unspecified atom stereocenters. The van der Waals surface area contributed by atoms with Crippen LogP contribution in [0.25, 0.3) is 0 Å². The quantitative estimate of drug-likeness (QED) is 0.431. The summed E-state index contributed by atoms with van der Waals surface area (Å²) in [6, 6.07) is 0. The molecule has 4 aliphatic carbocycles. The summed E-state index contributed by atoms with van der Waals surface area (Å²) >= 11 is 0. The first kappa shape index (κ1) is 12.0. The van der Waals surface area contributed by atoms with E-state index in [1.165, 1.54) is 25.7 Å². The Bertz CT molecular complexity index is 454. The minimum absolute atomic E-state index is 0.129. The fourth-order valence-electron chi connectivity index (χ4n) is 6.53. The fourth-order valence-corrected chi connectivity index (χ4v) is 6.53. The van der Waals surface area contributed by atoms with Crippen LogP contribution in [0.2, 0.25) is 0 Å². The molecule has 4 bridgehead atoms. The van der Waals surface area contributed by atoms with Crippen LogP contribution in [-0.2, 0) is 9.53 Å². The van der Waals surface area contributed by atoms with Crippen molar-refractivity contribution >= 4 is 5.97 Å². The fraction of sp³-hybridized carbons (Fsp3) is 0.824. The molecule has 0 heterocycles. The molecule has 0 aromatic rings. The van der Waals surface area contributed by atoms with E-state index in [1.54, 1.807) is 6.92 Å². The third-order valence-corrected chi connectivity index (χ3v) is 6.83. The Hall–Kier alpha value is -0.790. The Labute approximate surface area is 115 Å². The van der Waals surface area contributed by atoms with Gasteiger partial charge in [-0.05, 0) is 74.2 Å². The highest BCUT2D eigenvalue weighted by molar-refractivity contribution is 5.67. The summed E-state index contributed by atoms with van der Waals surface area (Å²) in [5.41, 5.74) is 0.763. The first-order valence-electron chi connectivity index (χ1n) is 7.88. The molecular weight excluding hydrogens is 236 g/mol. The van der Waals surface area contributed by atoms with Crippen molar-refractivity contribution in [2.45, 2.75) is 51.6 Å². The van der Waals surface area contributed by atoms with Gasteiger partial charge in [0.15, 0.2) is 0 Å². The number of hydrogen-bond acceptors (Lipinski definition) is 2. The zero-order valence-corrected chi connectivity index (χ0v) is 12.0. The van der Waals surface area contributed by atoms with E-state index >= 15 is 0 Å². The number of carbonyl (C=O) groups excluding carboxylic acids is 1. The predicted molar refractivity (Wildman–Crippen MR) is 73.3 cm³/mol. The molecule has 4 fully saturated rings. The van der Waals surface area contributed by atoms with Crippen LogP contribution in [0.15, 0.2) is 12.2 Å². The van der Waals surface area contributed by atoms with Gasteiger partial charge in [0.25, 0.3) is 0 Å². The molecule has 2 heteroatoms. The lowest BCUT2D eigenvalue weighted by Crippen LogP contribution is -2.48. The molecule has 104 valence electrons. The van der Waals surface area contributed by atoms with Crippen molar-refractivity contribution in [3.63, 3.8) is 0 Å². The number of rotatable bonds is 2. The smallest absolute Gasteiger partial charge is 0.303 e. The van der Waals surface area contributed by atoms with Crippen LogP contribution in [0.1, 0.15) is 46.0 Å². The minimum Gasteiger partial charge on any atom is -0.454 e. The maximum atomic E-state index is 11.6. The Balaban J connectivity index is 1.70. The van der Waals surface area contributed by atoms with Crippen molar-refractivity contribution in [3.8, 4) is 0 Å². The van der Waals surface area contributed by atoms with Crippen LogP contribution in [0, 0.1) is 35.5 Å². The van der Waals surface area contributed by atoms with Gasteiger partial charge in [0.2, 0.25) is 0 Å². The van der Waals surface area contributed by atoms with Crippen LogP contribution in [0.4, 0.5) is 0 Å². The number of ether oxygens (including phenoxy) is 1. The van der Waals surface area contributed by atoms with Crippen LogP contribution < -0.4 is 0 Å². The summed E-state index contributed by atoms with van der Waals surface area (Å²) in [6.45, 7) is 7.79. The molecule has 0 aliphatic heterocycles. The van der Waals surface area contributed by atoms with E-state index < -0.39 is 0 Å². The van der Waals surface area contributed by atoms with Crippen LogP contribution in [0.5, 0.6) is 0 Å². The van der Waals surface area contributed by atoms with Crippen LogP contribution >= 0.6 is 0 Å². The monoisotopic (exact) mass is 260 g/mol.